The molecule has 0 amide bonds. The Bertz CT molecular complexity index is 379. The van der Waals surface area contributed by atoms with Gasteiger partial charge in [0.25, 0.3) is 0 Å². The number of hydrogen-bond acceptors (Lipinski definition) is 2. The molecule has 0 atom stereocenters. The SMILES string of the molecule is Cc1c(F)cc(/C=C/[N+](=O)[O-])cc1F. The minimum absolute atomic E-state index is 0.0942. The van der Waals surface area contributed by atoms with Crippen LogP contribution < -0.4 is 0 Å². The van der Waals surface area contributed by atoms with Crippen LogP contribution in [0.4, 0.5) is 8.78 Å². The Morgan fingerprint density at radius 2 is 1.86 bits per heavy atom. The van der Waals surface area contributed by atoms with Crippen LogP contribution in [0.5, 0.6) is 0 Å². The second-order valence-corrected chi connectivity index (χ2v) is 2.71. The van der Waals surface area contributed by atoms with E-state index in [-0.39, 0.29) is 11.1 Å². The molecular weight excluding hydrogens is 192 g/mol. The summed E-state index contributed by atoms with van der Waals surface area (Å²) in [5, 5.41) is 9.94. The molecule has 3 nitrogen and oxygen atoms in total. The lowest BCUT2D eigenvalue weighted by atomic mass is 10.1. The third-order valence-corrected chi connectivity index (χ3v) is 1.69. The maximum Gasteiger partial charge on any atom is 0.235 e. The Labute approximate surface area is 78.8 Å². The van der Waals surface area contributed by atoms with E-state index in [4.69, 9.17) is 0 Å². The van der Waals surface area contributed by atoms with Gasteiger partial charge in [-0.3, -0.25) is 10.1 Å². The molecule has 1 aromatic rings. The molecule has 0 unspecified atom stereocenters. The quantitative estimate of drug-likeness (QED) is 0.542. The molecule has 1 aromatic carbocycles. The maximum atomic E-state index is 12.9. The molecular formula is C9H7F2NO2. The molecule has 5 heteroatoms. The first-order valence-electron chi connectivity index (χ1n) is 3.78. The van der Waals surface area contributed by atoms with Crippen molar-refractivity contribution in [3.63, 3.8) is 0 Å². The van der Waals surface area contributed by atoms with Gasteiger partial charge in [-0.05, 0) is 24.6 Å². The van der Waals surface area contributed by atoms with Crippen LogP contribution in [0.3, 0.4) is 0 Å². The third-order valence-electron chi connectivity index (χ3n) is 1.69. The fraction of sp³-hybridized carbons (Fsp3) is 0.111. The smallest absolute Gasteiger partial charge is 0.235 e. The summed E-state index contributed by atoms with van der Waals surface area (Å²) in [7, 11) is 0. The van der Waals surface area contributed by atoms with Crippen LogP contribution in [0.25, 0.3) is 6.08 Å². The summed E-state index contributed by atoms with van der Waals surface area (Å²) in [4.78, 5) is 9.24. The van der Waals surface area contributed by atoms with Crippen molar-refractivity contribution < 1.29 is 13.7 Å². The van der Waals surface area contributed by atoms with E-state index in [1.165, 1.54) is 6.92 Å². The van der Waals surface area contributed by atoms with Crippen molar-refractivity contribution in [1.82, 2.24) is 0 Å². The molecule has 0 saturated heterocycles. The van der Waals surface area contributed by atoms with Gasteiger partial charge in [0, 0.05) is 11.6 Å². The van der Waals surface area contributed by atoms with Gasteiger partial charge in [0.05, 0.1) is 4.92 Å². The monoisotopic (exact) mass is 199 g/mol. The van der Waals surface area contributed by atoms with Crippen LogP contribution in [0, 0.1) is 28.7 Å². The fourth-order valence-corrected chi connectivity index (χ4v) is 0.908. The van der Waals surface area contributed by atoms with Crippen LogP contribution in [0.2, 0.25) is 0 Å². The van der Waals surface area contributed by atoms with Gasteiger partial charge < -0.3 is 0 Å². The molecule has 0 aliphatic carbocycles. The molecule has 1 rings (SSSR count). The van der Waals surface area contributed by atoms with Gasteiger partial charge in [-0.1, -0.05) is 0 Å². The zero-order chi connectivity index (χ0) is 10.7. The molecule has 0 aromatic heterocycles. The largest absolute Gasteiger partial charge is 0.259 e. The zero-order valence-electron chi connectivity index (χ0n) is 7.33. The second kappa shape index (κ2) is 3.95. The van der Waals surface area contributed by atoms with E-state index in [0.717, 1.165) is 18.2 Å². The lowest BCUT2D eigenvalue weighted by Gasteiger charge is -1.99. The minimum atomic E-state index is -0.715. The van der Waals surface area contributed by atoms with Crippen molar-refractivity contribution in [1.29, 1.82) is 0 Å². The number of halogens is 2. The van der Waals surface area contributed by atoms with Crippen LogP contribution in [0.1, 0.15) is 11.1 Å². The number of hydrogen-bond donors (Lipinski definition) is 0. The van der Waals surface area contributed by atoms with E-state index in [9.17, 15) is 18.9 Å². The third kappa shape index (κ3) is 2.35. The topological polar surface area (TPSA) is 43.1 Å². The molecule has 0 saturated carbocycles. The lowest BCUT2D eigenvalue weighted by Crippen LogP contribution is -1.90. The first-order valence-corrected chi connectivity index (χ1v) is 3.78. The highest BCUT2D eigenvalue weighted by Gasteiger charge is 2.05. The summed E-state index contributed by atoms with van der Waals surface area (Å²) >= 11 is 0. The molecule has 0 radical (unpaired) electrons. The van der Waals surface area contributed by atoms with Gasteiger partial charge in [-0.15, -0.1) is 0 Å². The Balaban J connectivity index is 3.07. The first kappa shape index (κ1) is 10.3. The zero-order valence-corrected chi connectivity index (χ0v) is 7.33. The normalized spacial score (nSPS) is 10.8. The summed E-state index contributed by atoms with van der Waals surface area (Å²) in [6.07, 6.45) is 1.66. The fourth-order valence-electron chi connectivity index (χ4n) is 0.908. The van der Waals surface area contributed by atoms with Gasteiger partial charge in [0.1, 0.15) is 11.6 Å². The summed E-state index contributed by atoms with van der Waals surface area (Å²) in [5.41, 5.74) is 0.0329. The number of benzene rings is 1. The molecule has 0 aliphatic rings. The highest BCUT2D eigenvalue weighted by Crippen LogP contribution is 2.15. The number of nitro groups is 1. The molecule has 0 N–H and O–H groups in total. The van der Waals surface area contributed by atoms with Crippen molar-refractivity contribution >= 4 is 6.08 Å². The van der Waals surface area contributed by atoms with Crippen molar-refractivity contribution in [2.24, 2.45) is 0 Å². The second-order valence-electron chi connectivity index (χ2n) is 2.71. The van der Waals surface area contributed by atoms with Crippen molar-refractivity contribution in [3.05, 3.63) is 51.2 Å². The Morgan fingerprint density at radius 3 is 2.29 bits per heavy atom. The van der Waals surface area contributed by atoms with Gasteiger partial charge in [0.15, 0.2) is 0 Å². The average molecular weight is 199 g/mol. The molecule has 0 spiro atoms. The Hall–Kier alpha value is -1.78. The number of nitrogens with zero attached hydrogens (tertiary/aromatic N) is 1. The van der Waals surface area contributed by atoms with Crippen molar-refractivity contribution in [2.75, 3.05) is 0 Å². The van der Waals surface area contributed by atoms with Crippen LogP contribution in [0.15, 0.2) is 18.3 Å². The molecule has 0 fully saturated rings. The maximum absolute atomic E-state index is 12.9. The van der Waals surface area contributed by atoms with Gasteiger partial charge in [-0.25, -0.2) is 8.78 Å². The van der Waals surface area contributed by atoms with E-state index in [1.54, 1.807) is 0 Å². The molecule has 0 aliphatic heterocycles. The standard InChI is InChI=1S/C9H7F2NO2/c1-6-8(10)4-7(5-9(6)11)2-3-12(13)14/h2-5H,1H3/b3-2+. The predicted octanol–water partition coefficient (Wildman–Crippen LogP) is 2.52. The molecule has 74 valence electrons. The van der Waals surface area contributed by atoms with E-state index in [1.807, 2.05) is 0 Å². The summed E-state index contributed by atoms with van der Waals surface area (Å²) < 4.78 is 25.8. The van der Waals surface area contributed by atoms with Gasteiger partial charge in [0.2, 0.25) is 6.20 Å². The van der Waals surface area contributed by atoms with E-state index in [2.05, 4.69) is 0 Å². The van der Waals surface area contributed by atoms with E-state index in [0.29, 0.717) is 6.20 Å². The van der Waals surface area contributed by atoms with E-state index >= 15 is 0 Å². The Kier molecular flexibility index (Phi) is 2.91. The Morgan fingerprint density at radius 1 is 1.36 bits per heavy atom. The first-order chi connectivity index (χ1) is 6.50. The summed E-state index contributed by atoms with van der Waals surface area (Å²) in [5.74, 6) is -1.43. The van der Waals surface area contributed by atoms with Crippen LogP contribution in [-0.2, 0) is 0 Å². The highest BCUT2D eigenvalue weighted by molar-refractivity contribution is 5.49. The van der Waals surface area contributed by atoms with Gasteiger partial charge >= 0.3 is 0 Å². The van der Waals surface area contributed by atoms with Crippen LogP contribution in [-0.4, -0.2) is 4.92 Å². The molecule has 14 heavy (non-hydrogen) atoms. The number of rotatable bonds is 2. The van der Waals surface area contributed by atoms with E-state index < -0.39 is 16.6 Å². The average Bonchev–Trinajstić information content (AvgIpc) is 2.10. The van der Waals surface area contributed by atoms with Crippen LogP contribution >= 0.6 is 0 Å². The van der Waals surface area contributed by atoms with Crippen molar-refractivity contribution in [2.45, 2.75) is 6.92 Å². The van der Waals surface area contributed by atoms with Gasteiger partial charge in [-0.2, -0.15) is 0 Å². The highest BCUT2D eigenvalue weighted by atomic mass is 19.1. The summed E-state index contributed by atoms with van der Waals surface area (Å²) in [6.45, 7) is 1.30. The molecule has 0 bridgehead atoms. The molecule has 0 heterocycles. The van der Waals surface area contributed by atoms with Crippen molar-refractivity contribution in [3.8, 4) is 0 Å². The summed E-state index contributed by atoms with van der Waals surface area (Å²) in [6, 6.07) is 2.08. The lowest BCUT2D eigenvalue weighted by molar-refractivity contribution is -0.400. The predicted molar refractivity (Wildman–Crippen MR) is 47.1 cm³/mol. The minimum Gasteiger partial charge on any atom is -0.259 e.